The summed E-state index contributed by atoms with van der Waals surface area (Å²) in [6.07, 6.45) is 3.36. The molecule has 0 unspecified atom stereocenters. The zero-order valence-corrected chi connectivity index (χ0v) is 14.4. The summed E-state index contributed by atoms with van der Waals surface area (Å²) in [6, 6.07) is 10.0. The first-order valence-corrected chi connectivity index (χ1v) is 8.57. The van der Waals surface area contributed by atoms with Gasteiger partial charge in [0.1, 0.15) is 17.3 Å². The molecule has 1 aliphatic heterocycles. The van der Waals surface area contributed by atoms with Gasteiger partial charge < -0.3 is 10.2 Å². The van der Waals surface area contributed by atoms with Crippen molar-refractivity contribution in [1.29, 1.82) is 0 Å². The minimum Gasteiger partial charge on any atom is -0.366 e. The maximum Gasteiger partial charge on any atom is 0.272 e. The van der Waals surface area contributed by atoms with Gasteiger partial charge in [0, 0.05) is 25.7 Å². The summed E-state index contributed by atoms with van der Waals surface area (Å²) in [7, 11) is 0. The SMILES string of the molecule is Cc1nc(NCc2ccccc2C)cc(C(=O)N2CCCCC2)n1. The quantitative estimate of drug-likeness (QED) is 0.937. The molecule has 1 fully saturated rings. The molecule has 1 aliphatic rings. The fraction of sp³-hybridized carbons (Fsp3) is 0.421. The first-order valence-electron chi connectivity index (χ1n) is 8.57. The molecule has 126 valence electrons. The van der Waals surface area contributed by atoms with Gasteiger partial charge in [-0.15, -0.1) is 0 Å². The molecular formula is C19H24N4O. The molecule has 1 aromatic heterocycles. The number of carbonyl (C=O) groups excluding carboxylic acids is 1. The van der Waals surface area contributed by atoms with Gasteiger partial charge >= 0.3 is 0 Å². The molecule has 0 atom stereocenters. The lowest BCUT2D eigenvalue weighted by Crippen LogP contribution is -2.36. The molecule has 0 radical (unpaired) electrons. The van der Waals surface area contributed by atoms with Gasteiger partial charge in [-0.25, -0.2) is 9.97 Å². The van der Waals surface area contributed by atoms with E-state index < -0.39 is 0 Å². The summed E-state index contributed by atoms with van der Waals surface area (Å²) >= 11 is 0. The predicted molar refractivity (Wildman–Crippen MR) is 95.0 cm³/mol. The molecule has 5 heteroatoms. The Morgan fingerprint density at radius 2 is 1.88 bits per heavy atom. The van der Waals surface area contributed by atoms with Crippen molar-refractivity contribution in [3.05, 3.63) is 53.0 Å². The monoisotopic (exact) mass is 324 g/mol. The van der Waals surface area contributed by atoms with Crippen LogP contribution < -0.4 is 5.32 Å². The molecule has 0 spiro atoms. The molecule has 24 heavy (non-hydrogen) atoms. The van der Waals surface area contributed by atoms with Gasteiger partial charge in [-0.05, 0) is 44.2 Å². The van der Waals surface area contributed by atoms with Gasteiger partial charge in [0.2, 0.25) is 0 Å². The fourth-order valence-corrected chi connectivity index (χ4v) is 3.02. The Morgan fingerprint density at radius 1 is 1.12 bits per heavy atom. The minimum absolute atomic E-state index is 0.0131. The number of hydrogen-bond acceptors (Lipinski definition) is 4. The van der Waals surface area contributed by atoms with Crippen molar-refractivity contribution in [2.45, 2.75) is 39.7 Å². The number of amides is 1. The Morgan fingerprint density at radius 3 is 2.62 bits per heavy atom. The largest absolute Gasteiger partial charge is 0.366 e. The Hall–Kier alpha value is -2.43. The lowest BCUT2D eigenvalue weighted by atomic mass is 10.1. The van der Waals surface area contributed by atoms with Crippen molar-refractivity contribution in [3.63, 3.8) is 0 Å². The molecule has 0 aliphatic carbocycles. The molecular weight excluding hydrogens is 300 g/mol. The van der Waals surface area contributed by atoms with Crippen molar-refractivity contribution in [1.82, 2.24) is 14.9 Å². The molecule has 1 aromatic carbocycles. The van der Waals surface area contributed by atoms with E-state index in [4.69, 9.17) is 0 Å². The number of benzene rings is 1. The van der Waals surface area contributed by atoms with Crippen molar-refractivity contribution in [2.24, 2.45) is 0 Å². The van der Waals surface area contributed by atoms with Crippen molar-refractivity contribution < 1.29 is 4.79 Å². The third kappa shape index (κ3) is 3.91. The van der Waals surface area contributed by atoms with Crippen LogP contribution in [0.1, 0.15) is 46.7 Å². The van der Waals surface area contributed by atoms with Gasteiger partial charge in [0.05, 0.1) is 0 Å². The number of likely N-dealkylation sites (tertiary alicyclic amines) is 1. The Bertz CT molecular complexity index is 723. The number of aromatic nitrogens is 2. The average Bonchev–Trinajstić information content (AvgIpc) is 2.61. The fourth-order valence-electron chi connectivity index (χ4n) is 3.02. The average molecular weight is 324 g/mol. The number of nitrogens with zero attached hydrogens (tertiary/aromatic N) is 3. The van der Waals surface area contributed by atoms with E-state index in [1.54, 1.807) is 6.07 Å². The third-order valence-electron chi connectivity index (χ3n) is 4.42. The molecule has 1 amide bonds. The van der Waals surface area contributed by atoms with Crippen LogP contribution in [0.15, 0.2) is 30.3 Å². The van der Waals surface area contributed by atoms with Crippen LogP contribution in [0, 0.1) is 13.8 Å². The zero-order chi connectivity index (χ0) is 16.9. The van der Waals surface area contributed by atoms with Crippen LogP contribution in [0.25, 0.3) is 0 Å². The smallest absolute Gasteiger partial charge is 0.272 e. The number of rotatable bonds is 4. The zero-order valence-electron chi connectivity index (χ0n) is 14.4. The van der Waals surface area contributed by atoms with E-state index in [2.05, 4.69) is 34.3 Å². The van der Waals surface area contributed by atoms with Gasteiger partial charge in [-0.2, -0.15) is 0 Å². The second-order valence-corrected chi connectivity index (χ2v) is 6.32. The standard InChI is InChI=1S/C19H24N4O/c1-14-8-4-5-9-16(14)13-20-18-12-17(21-15(2)22-18)19(24)23-10-6-3-7-11-23/h4-5,8-9,12H,3,6-7,10-11,13H2,1-2H3,(H,20,21,22). The summed E-state index contributed by atoms with van der Waals surface area (Å²) in [6.45, 7) is 6.25. The van der Waals surface area contributed by atoms with E-state index >= 15 is 0 Å². The van der Waals surface area contributed by atoms with Crippen LogP contribution in [0.4, 0.5) is 5.82 Å². The van der Waals surface area contributed by atoms with Crippen molar-refractivity contribution in [3.8, 4) is 0 Å². The van der Waals surface area contributed by atoms with Gasteiger partial charge in [0.25, 0.3) is 5.91 Å². The van der Waals surface area contributed by atoms with E-state index in [1.807, 2.05) is 24.0 Å². The van der Waals surface area contributed by atoms with Crippen LogP contribution in [0.2, 0.25) is 0 Å². The highest BCUT2D eigenvalue weighted by Crippen LogP contribution is 2.15. The summed E-state index contributed by atoms with van der Waals surface area (Å²) in [5.41, 5.74) is 2.94. The van der Waals surface area contributed by atoms with Crippen molar-refractivity contribution >= 4 is 11.7 Å². The molecule has 0 saturated carbocycles. The Kier molecular flexibility index (Phi) is 5.08. The normalized spacial score (nSPS) is 14.5. The maximum absolute atomic E-state index is 12.6. The maximum atomic E-state index is 12.6. The molecule has 2 aromatic rings. The highest BCUT2D eigenvalue weighted by molar-refractivity contribution is 5.93. The van der Waals surface area contributed by atoms with Crippen molar-refractivity contribution in [2.75, 3.05) is 18.4 Å². The Balaban J connectivity index is 1.73. The molecule has 0 bridgehead atoms. The molecule has 3 rings (SSSR count). The van der Waals surface area contributed by atoms with Crippen LogP contribution in [-0.4, -0.2) is 33.9 Å². The molecule has 2 heterocycles. The number of piperidine rings is 1. The topological polar surface area (TPSA) is 58.1 Å². The highest BCUT2D eigenvalue weighted by atomic mass is 16.2. The summed E-state index contributed by atoms with van der Waals surface area (Å²) in [5, 5.41) is 3.32. The number of anilines is 1. The lowest BCUT2D eigenvalue weighted by Gasteiger charge is -2.26. The lowest BCUT2D eigenvalue weighted by molar-refractivity contribution is 0.0718. The summed E-state index contributed by atoms with van der Waals surface area (Å²) in [4.78, 5) is 23.3. The molecule has 1 N–H and O–H groups in total. The second kappa shape index (κ2) is 7.43. The van der Waals surface area contributed by atoms with Crippen LogP contribution in [-0.2, 0) is 6.54 Å². The summed E-state index contributed by atoms with van der Waals surface area (Å²) in [5.74, 6) is 1.33. The van der Waals surface area contributed by atoms with Gasteiger partial charge in [-0.3, -0.25) is 4.79 Å². The van der Waals surface area contributed by atoms with E-state index in [1.165, 1.54) is 17.5 Å². The van der Waals surface area contributed by atoms with Crippen LogP contribution >= 0.6 is 0 Å². The predicted octanol–water partition coefficient (Wildman–Crippen LogP) is 3.33. The highest BCUT2D eigenvalue weighted by Gasteiger charge is 2.20. The van der Waals surface area contributed by atoms with Crippen LogP contribution in [0.3, 0.4) is 0 Å². The minimum atomic E-state index is 0.0131. The summed E-state index contributed by atoms with van der Waals surface area (Å²) < 4.78 is 0. The van der Waals surface area contributed by atoms with E-state index in [9.17, 15) is 4.79 Å². The second-order valence-electron chi connectivity index (χ2n) is 6.32. The van der Waals surface area contributed by atoms with E-state index in [0.29, 0.717) is 23.9 Å². The number of carbonyl (C=O) groups is 1. The first-order chi connectivity index (χ1) is 11.6. The molecule has 1 saturated heterocycles. The van der Waals surface area contributed by atoms with Crippen LogP contribution in [0.5, 0.6) is 0 Å². The number of hydrogen-bond donors (Lipinski definition) is 1. The Labute approximate surface area is 143 Å². The van der Waals surface area contributed by atoms with Gasteiger partial charge in [0.15, 0.2) is 0 Å². The first kappa shape index (κ1) is 16.4. The van der Waals surface area contributed by atoms with Gasteiger partial charge in [-0.1, -0.05) is 24.3 Å². The number of aryl methyl sites for hydroxylation is 2. The number of nitrogens with one attached hydrogen (secondary N) is 1. The molecule has 5 nitrogen and oxygen atoms in total. The van der Waals surface area contributed by atoms with E-state index in [0.717, 1.165) is 25.9 Å². The van der Waals surface area contributed by atoms with E-state index in [-0.39, 0.29) is 5.91 Å². The third-order valence-corrected chi connectivity index (χ3v) is 4.42.